The molecule has 4 heterocycles. The number of rotatable bonds is 8. The van der Waals surface area contributed by atoms with Gasteiger partial charge in [-0.3, -0.25) is 14.7 Å². The minimum absolute atomic E-state index is 0.0126. The van der Waals surface area contributed by atoms with E-state index in [4.69, 9.17) is 0 Å². The molecule has 0 unspecified atom stereocenters. The molecule has 2 fully saturated rings. The van der Waals surface area contributed by atoms with Crippen molar-refractivity contribution in [2.24, 2.45) is 5.92 Å². The van der Waals surface area contributed by atoms with Gasteiger partial charge in [-0.15, -0.1) is 11.3 Å². The molecule has 0 bridgehead atoms. The predicted molar refractivity (Wildman–Crippen MR) is 133 cm³/mol. The molecule has 6 nitrogen and oxygen atoms in total. The first-order chi connectivity index (χ1) is 16.7. The number of aromatic nitrogens is 1. The van der Waals surface area contributed by atoms with E-state index in [-0.39, 0.29) is 17.9 Å². The van der Waals surface area contributed by atoms with Crippen molar-refractivity contribution in [1.29, 1.82) is 0 Å². The quantitative estimate of drug-likeness (QED) is 0.500. The molecule has 5 rings (SSSR count). The van der Waals surface area contributed by atoms with Crippen LogP contribution in [0.2, 0.25) is 0 Å². The van der Waals surface area contributed by atoms with Gasteiger partial charge < -0.3 is 10.2 Å². The summed E-state index contributed by atoms with van der Waals surface area (Å²) < 4.78 is 0. The minimum atomic E-state index is -1.08. The normalized spacial score (nSPS) is 21.7. The number of hydrogen-bond donors (Lipinski definition) is 1. The van der Waals surface area contributed by atoms with Crippen molar-refractivity contribution in [2.75, 3.05) is 26.2 Å². The second-order valence-corrected chi connectivity index (χ2v) is 10.1. The molecular weight excluding hydrogens is 444 g/mol. The van der Waals surface area contributed by atoms with Gasteiger partial charge >= 0.3 is 6.03 Å². The Morgan fingerprint density at radius 2 is 1.74 bits per heavy atom. The highest BCUT2D eigenvalue weighted by Gasteiger charge is 2.57. The van der Waals surface area contributed by atoms with Crippen LogP contribution in [0.5, 0.6) is 0 Å². The Balaban J connectivity index is 1.31. The van der Waals surface area contributed by atoms with E-state index >= 15 is 0 Å². The van der Waals surface area contributed by atoms with Crippen molar-refractivity contribution < 1.29 is 9.59 Å². The SMILES string of the molecule is O=C1N[C@](c2ccccn2)(C2CCN(CCc3ccccc3)CC2)C(=O)N1CCc1cccs1. The van der Waals surface area contributed by atoms with Crippen LogP contribution in [0.15, 0.2) is 72.2 Å². The number of nitrogens with zero attached hydrogens (tertiary/aromatic N) is 3. The van der Waals surface area contributed by atoms with Crippen LogP contribution in [0.4, 0.5) is 4.79 Å². The summed E-state index contributed by atoms with van der Waals surface area (Å²) >= 11 is 1.65. The smallest absolute Gasteiger partial charge is 0.318 e. The lowest BCUT2D eigenvalue weighted by molar-refractivity contribution is -0.134. The van der Waals surface area contributed by atoms with Crippen LogP contribution in [-0.2, 0) is 23.2 Å². The van der Waals surface area contributed by atoms with E-state index < -0.39 is 5.54 Å². The Hall–Kier alpha value is -3.03. The van der Waals surface area contributed by atoms with Gasteiger partial charge in [0, 0.05) is 24.2 Å². The Morgan fingerprint density at radius 3 is 2.44 bits per heavy atom. The number of likely N-dealkylation sites (tertiary alicyclic amines) is 1. The number of nitrogens with one attached hydrogen (secondary N) is 1. The lowest BCUT2D eigenvalue weighted by Crippen LogP contribution is -2.54. The van der Waals surface area contributed by atoms with Gasteiger partial charge in [-0.25, -0.2) is 4.79 Å². The molecule has 176 valence electrons. The maximum absolute atomic E-state index is 13.9. The van der Waals surface area contributed by atoms with Gasteiger partial charge in [0.15, 0.2) is 5.54 Å². The second kappa shape index (κ2) is 10.1. The van der Waals surface area contributed by atoms with Crippen molar-refractivity contribution in [3.63, 3.8) is 0 Å². The first-order valence-corrected chi connectivity index (χ1v) is 12.9. The van der Waals surface area contributed by atoms with Crippen molar-refractivity contribution in [3.05, 3.63) is 88.4 Å². The number of urea groups is 1. The molecular formula is C27H30N4O2S. The molecule has 2 saturated heterocycles. The Morgan fingerprint density at radius 1 is 0.941 bits per heavy atom. The molecule has 34 heavy (non-hydrogen) atoms. The predicted octanol–water partition coefficient (Wildman–Crippen LogP) is 4.09. The van der Waals surface area contributed by atoms with Crippen molar-refractivity contribution in [2.45, 2.75) is 31.2 Å². The molecule has 0 saturated carbocycles. The molecule has 3 amide bonds. The van der Waals surface area contributed by atoms with Gasteiger partial charge in [-0.05, 0) is 73.8 Å². The number of hydrogen-bond acceptors (Lipinski definition) is 5. The van der Waals surface area contributed by atoms with Crippen LogP contribution in [0.3, 0.4) is 0 Å². The molecule has 0 radical (unpaired) electrons. The monoisotopic (exact) mass is 474 g/mol. The molecule has 2 aromatic heterocycles. The zero-order valence-electron chi connectivity index (χ0n) is 19.2. The molecule has 2 aliphatic heterocycles. The molecule has 2 aliphatic rings. The summed E-state index contributed by atoms with van der Waals surface area (Å²) in [6.45, 7) is 3.20. The zero-order chi connectivity index (χ0) is 23.4. The van der Waals surface area contributed by atoms with E-state index in [0.29, 0.717) is 18.7 Å². The summed E-state index contributed by atoms with van der Waals surface area (Å²) in [4.78, 5) is 36.5. The average Bonchev–Trinajstić information content (AvgIpc) is 3.49. The molecule has 7 heteroatoms. The summed E-state index contributed by atoms with van der Waals surface area (Å²) in [7, 11) is 0. The summed E-state index contributed by atoms with van der Waals surface area (Å²) in [5.74, 6) is -0.144. The fourth-order valence-corrected chi connectivity index (χ4v) is 5.95. The van der Waals surface area contributed by atoms with Crippen molar-refractivity contribution in [1.82, 2.24) is 20.1 Å². The summed E-state index contributed by atoms with van der Waals surface area (Å²) in [5.41, 5.74) is 0.906. The molecule has 0 aliphatic carbocycles. The van der Waals surface area contributed by atoms with E-state index in [1.165, 1.54) is 15.3 Å². The van der Waals surface area contributed by atoms with Crippen LogP contribution < -0.4 is 5.32 Å². The lowest BCUT2D eigenvalue weighted by Gasteiger charge is -2.40. The van der Waals surface area contributed by atoms with E-state index in [2.05, 4.69) is 39.5 Å². The standard InChI is InChI=1S/C27H30N4O2S/c32-25-27(24-10-4-5-15-28-24,29-26(33)31(25)19-14-23-9-6-20-34-23)22-12-17-30(18-13-22)16-11-21-7-2-1-3-8-21/h1-10,15,20,22H,11-14,16-19H2,(H,29,33)/t27-/m0/s1. The van der Waals surface area contributed by atoms with Crippen LogP contribution in [0.1, 0.15) is 29.0 Å². The average molecular weight is 475 g/mol. The van der Waals surface area contributed by atoms with Crippen LogP contribution in [0, 0.1) is 5.92 Å². The Bertz CT molecular complexity index is 1100. The number of imide groups is 1. The van der Waals surface area contributed by atoms with Crippen LogP contribution >= 0.6 is 11.3 Å². The summed E-state index contributed by atoms with van der Waals surface area (Å²) in [6, 6.07) is 19.9. The number of piperidine rings is 1. The maximum Gasteiger partial charge on any atom is 0.325 e. The fraction of sp³-hybridized carbons (Fsp3) is 0.370. The molecule has 1 atom stereocenters. The first kappa shape index (κ1) is 22.7. The number of amides is 3. The summed E-state index contributed by atoms with van der Waals surface area (Å²) in [6.07, 6.45) is 5.09. The van der Waals surface area contributed by atoms with E-state index in [9.17, 15) is 9.59 Å². The molecule has 3 aromatic rings. The third-order valence-corrected chi connectivity index (χ3v) is 8.06. The van der Waals surface area contributed by atoms with Crippen molar-refractivity contribution in [3.8, 4) is 0 Å². The number of thiophene rings is 1. The van der Waals surface area contributed by atoms with E-state index in [0.717, 1.165) is 38.9 Å². The number of carbonyl (C=O) groups is 2. The van der Waals surface area contributed by atoms with Gasteiger partial charge in [0.05, 0.1) is 5.69 Å². The van der Waals surface area contributed by atoms with Gasteiger partial charge in [0.25, 0.3) is 5.91 Å². The van der Waals surface area contributed by atoms with Crippen LogP contribution in [0.25, 0.3) is 0 Å². The van der Waals surface area contributed by atoms with Crippen molar-refractivity contribution >= 4 is 23.3 Å². The van der Waals surface area contributed by atoms with Gasteiger partial charge in [0.1, 0.15) is 0 Å². The third-order valence-electron chi connectivity index (χ3n) is 7.12. The largest absolute Gasteiger partial charge is 0.325 e. The van der Waals surface area contributed by atoms with Gasteiger partial charge in [-0.2, -0.15) is 0 Å². The fourth-order valence-electron chi connectivity index (χ4n) is 5.25. The molecule has 0 spiro atoms. The highest BCUT2D eigenvalue weighted by Crippen LogP contribution is 2.40. The lowest BCUT2D eigenvalue weighted by atomic mass is 9.75. The third kappa shape index (κ3) is 4.50. The second-order valence-electron chi connectivity index (χ2n) is 9.09. The summed E-state index contributed by atoms with van der Waals surface area (Å²) in [5, 5.41) is 5.13. The Labute approximate surface area is 204 Å². The first-order valence-electron chi connectivity index (χ1n) is 12.0. The highest BCUT2D eigenvalue weighted by atomic mass is 32.1. The van der Waals surface area contributed by atoms with Gasteiger partial charge in [-0.1, -0.05) is 42.5 Å². The minimum Gasteiger partial charge on any atom is -0.318 e. The highest BCUT2D eigenvalue weighted by molar-refractivity contribution is 7.09. The molecule has 1 aromatic carbocycles. The topological polar surface area (TPSA) is 65.5 Å². The molecule has 1 N–H and O–H groups in total. The Kier molecular flexibility index (Phi) is 6.74. The number of carbonyl (C=O) groups excluding carboxylic acids is 2. The number of benzene rings is 1. The number of pyridine rings is 1. The van der Waals surface area contributed by atoms with E-state index in [1.54, 1.807) is 17.5 Å². The van der Waals surface area contributed by atoms with E-state index in [1.807, 2.05) is 41.8 Å². The van der Waals surface area contributed by atoms with Gasteiger partial charge in [0.2, 0.25) is 0 Å². The maximum atomic E-state index is 13.9. The zero-order valence-corrected chi connectivity index (χ0v) is 20.0. The van der Waals surface area contributed by atoms with Crippen LogP contribution in [-0.4, -0.2) is 52.9 Å².